The fraction of sp³-hybridized carbons (Fsp3) is 0.316. The molecule has 1 saturated carbocycles. The first kappa shape index (κ1) is 19.3. The molecule has 1 fully saturated rings. The van der Waals surface area contributed by atoms with E-state index < -0.39 is 11.4 Å². The summed E-state index contributed by atoms with van der Waals surface area (Å²) in [6, 6.07) is 5.80. The number of pyridine rings is 2. The molecule has 2 aromatic heterocycles. The topological polar surface area (TPSA) is 122 Å². The number of aromatic nitrogens is 2. The van der Waals surface area contributed by atoms with Gasteiger partial charge in [0.15, 0.2) is 0 Å². The van der Waals surface area contributed by atoms with Crippen LogP contribution in [-0.2, 0) is 9.59 Å². The highest BCUT2D eigenvalue weighted by molar-refractivity contribution is 6.03. The largest absolute Gasteiger partial charge is 0.456 e. The molecule has 0 aliphatic heterocycles. The molecular weight excluding hydrogens is 362 g/mol. The Morgan fingerprint density at radius 3 is 2.50 bits per heavy atom. The maximum Gasteiger partial charge on any atom is 0.327 e. The van der Waals surface area contributed by atoms with Crippen molar-refractivity contribution in [3.05, 3.63) is 36.7 Å². The van der Waals surface area contributed by atoms with Crippen LogP contribution in [-0.4, -0.2) is 27.8 Å². The zero-order valence-electron chi connectivity index (χ0n) is 15.6. The predicted octanol–water partition coefficient (Wildman–Crippen LogP) is 3.07. The van der Waals surface area contributed by atoms with Gasteiger partial charge >= 0.3 is 6.03 Å². The van der Waals surface area contributed by atoms with Crippen LogP contribution in [0.5, 0.6) is 11.5 Å². The summed E-state index contributed by atoms with van der Waals surface area (Å²) in [6.07, 6.45) is 4.88. The highest BCUT2D eigenvalue weighted by atomic mass is 16.5. The fourth-order valence-corrected chi connectivity index (χ4v) is 2.24. The Hall–Kier alpha value is -3.49. The van der Waals surface area contributed by atoms with Crippen molar-refractivity contribution in [3.63, 3.8) is 0 Å². The van der Waals surface area contributed by atoms with Crippen LogP contribution in [0.1, 0.15) is 33.1 Å². The van der Waals surface area contributed by atoms with E-state index in [1.165, 1.54) is 12.4 Å². The molecule has 1 aliphatic carbocycles. The number of hydrogen-bond donors (Lipinski definition) is 3. The molecule has 9 nitrogen and oxygen atoms in total. The molecule has 3 N–H and O–H groups in total. The third-order valence-corrected chi connectivity index (χ3v) is 4.31. The van der Waals surface area contributed by atoms with Crippen LogP contribution in [0.4, 0.5) is 16.4 Å². The number of anilines is 2. The van der Waals surface area contributed by atoms with Crippen LogP contribution in [0.2, 0.25) is 0 Å². The number of imide groups is 1. The Bertz CT molecular complexity index is 893. The standard InChI is InChI=1S/C19H21N5O4/c1-3-16(25)22-15-10-12(6-9-20-15)28-13-4-5-14(21-11-13)23-18(27)24-17(26)19(2)7-8-19/h4-6,9-11H,3,7-8H2,1-2H3,(H,20,22,25)(H2,21,23,24,26,27). The van der Waals surface area contributed by atoms with Crippen molar-refractivity contribution in [1.29, 1.82) is 0 Å². The molecule has 3 rings (SSSR count). The van der Waals surface area contributed by atoms with Crippen molar-refractivity contribution in [3.8, 4) is 11.5 Å². The molecule has 0 aromatic carbocycles. The van der Waals surface area contributed by atoms with Crippen LogP contribution in [0, 0.1) is 5.41 Å². The number of ether oxygens (including phenoxy) is 1. The van der Waals surface area contributed by atoms with Crippen molar-refractivity contribution >= 4 is 29.5 Å². The number of nitrogens with one attached hydrogen (secondary N) is 3. The molecule has 1 aliphatic rings. The van der Waals surface area contributed by atoms with Gasteiger partial charge in [0, 0.05) is 24.1 Å². The molecule has 146 valence electrons. The highest BCUT2D eigenvalue weighted by Crippen LogP contribution is 2.44. The van der Waals surface area contributed by atoms with Crippen LogP contribution in [0.3, 0.4) is 0 Å². The summed E-state index contributed by atoms with van der Waals surface area (Å²) in [5, 5.41) is 7.47. The van der Waals surface area contributed by atoms with Crippen LogP contribution in [0.15, 0.2) is 36.7 Å². The number of rotatable bonds is 6. The van der Waals surface area contributed by atoms with E-state index in [4.69, 9.17) is 4.74 Å². The van der Waals surface area contributed by atoms with Gasteiger partial charge in [0.25, 0.3) is 0 Å². The number of nitrogens with zero attached hydrogens (tertiary/aromatic N) is 2. The summed E-state index contributed by atoms with van der Waals surface area (Å²) in [7, 11) is 0. The summed E-state index contributed by atoms with van der Waals surface area (Å²) < 4.78 is 5.68. The molecule has 9 heteroatoms. The van der Waals surface area contributed by atoms with Gasteiger partial charge < -0.3 is 10.1 Å². The van der Waals surface area contributed by atoms with Gasteiger partial charge in [-0.3, -0.25) is 20.2 Å². The molecule has 0 atom stereocenters. The van der Waals surface area contributed by atoms with E-state index in [2.05, 4.69) is 25.9 Å². The van der Waals surface area contributed by atoms with Crippen molar-refractivity contribution in [2.75, 3.05) is 10.6 Å². The van der Waals surface area contributed by atoms with Gasteiger partial charge in [-0.05, 0) is 31.0 Å². The summed E-state index contributed by atoms with van der Waals surface area (Å²) in [5.74, 6) is 1.16. The molecular formula is C19H21N5O4. The number of hydrogen-bond acceptors (Lipinski definition) is 6. The summed E-state index contributed by atoms with van der Waals surface area (Å²) in [4.78, 5) is 43.3. The monoisotopic (exact) mass is 383 g/mol. The lowest BCUT2D eigenvalue weighted by Crippen LogP contribution is -2.38. The first-order chi connectivity index (χ1) is 13.4. The second kappa shape index (κ2) is 8.03. The quantitative estimate of drug-likeness (QED) is 0.705. The second-order valence-corrected chi connectivity index (χ2v) is 6.73. The number of urea groups is 1. The van der Waals surface area contributed by atoms with Crippen LogP contribution >= 0.6 is 0 Å². The molecule has 0 saturated heterocycles. The fourth-order valence-electron chi connectivity index (χ4n) is 2.24. The normalized spacial score (nSPS) is 13.9. The predicted molar refractivity (Wildman–Crippen MR) is 102 cm³/mol. The molecule has 0 spiro atoms. The highest BCUT2D eigenvalue weighted by Gasteiger charge is 2.45. The second-order valence-electron chi connectivity index (χ2n) is 6.73. The Labute approximate surface area is 161 Å². The number of carbonyl (C=O) groups is 3. The first-order valence-electron chi connectivity index (χ1n) is 8.90. The zero-order chi connectivity index (χ0) is 20.1. The summed E-state index contributed by atoms with van der Waals surface area (Å²) in [5.41, 5.74) is -0.428. The smallest absolute Gasteiger partial charge is 0.327 e. The van der Waals surface area contributed by atoms with E-state index in [0.717, 1.165) is 12.8 Å². The third-order valence-electron chi connectivity index (χ3n) is 4.31. The third kappa shape index (κ3) is 5.03. The molecule has 28 heavy (non-hydrogen) atoms. The van der Waals surface area contributed by atoms with E-state index in [0.29, 0.717) is 23.7 Å². The van der Waals surface area contributed by atoms with Gasteiger partial charge in [0.1, 0.15) is 23.1 Å². The summed E-state index contributed by atoms with van der Waals surface area (Å²) >= 11 is 0. The average Bonchev–Trinajstić information content (AvgIpc) is 3.42. The summed E-state index contributed by atoms with van der Waals surface area (Å²) in [6.45, 7) is 3.57. The van der Waals surface area contributed by atoms with Gasteiger partial charge in [-0.1, -0.05) is 13.8 Å². The lowest BCUT2D eigenvalue weighted by Gasteiger charge is -2.10. The van der Waals surface area contributed by atoms with E-state index in [1.54, 1.807) is 31.2 Å². The van der Waals surface area contributed by atoms with Crippen molar-refractivity contribution in [1.82, 2.24) is 15.3 Å². The Morgan fingerprint density at radius 2 is 1.86 bits per heavy atom. The van der Waals surface area contributed by atoms with E-state index >= 15 is 0 Å². The minimum Gasteiger partial charge on any atom is -0.456 e. The van der Waals surface area contributed by atoms with Gasteiger partial charge in [0.2, 0.25) is 11.8 Å². The molecule has 2 heterocycles. The van der Waals surface area contributed by atoms with Crippen LogP contribution in [0.25, 0.3) is 0 Å². The van der Waals surface area contributed by atoms with Crippen LogP contribution < -0.4 is 20.7 Å². The average molecular weight is 383 g/mol. The van der Waals surface area contributed by atoms with E-state index in [-0.39, 0.29) is 17.6 Å². The molecule has 2 aromatic rings. The lowest BCUT2D eigenvalue weighted by atomic mass is 10.1. The number of amides is 4. The Morgan fingerprint density at radius 1 is 1.07 bits per heavy atom. The Kier molecular flexibility index (Phi) is 5.53. The van der Waals surface area contributed by atoms with Gasteiger partial charge in [0.05, 0.1) is 6.20 Å². The van der Waals surface area contributed by atoms with Gasteiger partial charge in [-0.25, -0.2) is 14.8 Å². The molecule has 0 radical (unpaired) electrons. The SMILES string of the molecule is CCC(=O)Nc1cc(Oc2ccc(NC(=O)NC(=O)C3(C)CC3)nc2)ccn1. The zero-order valence-corrected chi connectivity index (χ0v) is 15.6. The minimum absolute atomic E-state index is 0.144. The molecule has 0 unspecified atom stereocenters. The molecule has 4 amide bonds. The van der Waals surface area contributed by atoms with E-state index in [9.17, 15) is 14.4 Å². The van der Waals surface area contributed by atoms with Crippen molar-refractivity contribution < 1.29 is 19.1 Å². The first-order valence-corrected chi connectivity index (χ1v) is 8.90. The molecule has 0 bridgehead atoms. The Balaban J connectivity index is 1.55. The lowest BCUT2D eigenvalue weighted by molar-refractivity contribution is -0.124. The van der Waals surface area contributed by atoms with Gasteiger partial charge in [-0.15, -0.1) is 0 Å². The minimum atomic E-state index is -0.621. The van der Waals surface area contributed by atoms with E-state index in [1.807, 2.05) is 6.92 Å². The number of carbonyl (C=O) groups excluding carboxylic acids is 3. The van der Waals surface area contributed by atoms with Crippen molar-refractivity contribution in [2.45, 2.75) is 33.1 Å². The maximum atomic E-state index is 11.9. The van der Waals surface area contributed by atoms with Crippen molar-refractivity contribution in [2.24, 2.45) is 5.41 Å². The van der Waals surface area contributed by atoms with Gasteiger partial charge in [-0.2, -0.15) is 0 Å². The maximum absolute atomic E-state index is 11.9.